The summed E-state index contributed by atoms with van der Waals surface area (Å²) in [6, 6.07) is 72.8. The molecule has 2 heteroatoms. The van der Waals surface area contributed by atoms with Gasteiger partial charge in [-0.1, -0.05) is 164 Å². The fraction of sp³-hybridized carbons (Fsp3) is 0. The molecule has 1 nitrogen and oxygen atoms in total. The largest absolute Gasteiger partial charge is 0.310 e. The minimum Gasteiger partial charge on any atom is -0.310 e. The van der Waals surface area contributed by atoms with Crippen LogP contribution in [0, 0.1) is 0 Å². The van der Waals surface area contributed by atoms with Crippen LogP contribution in [-0.4, -0.2) is 0 Å². The fourth-order valence-corrected chi connectivity index (χ4v) is 9.09. The van der Waals surface area contributed by atoms with Gasteiger partial charge in [-0.05, 0) is 85.8 Å². The number of nitrogens with zero attached hydrogens (tertiary/aromatic N) is 1. The number of hydrogen-bond donors (Lipinski definition) is 0. The number of fused-ring (bicyclic) bond motifs is 5. The van der Waals surface area contributed by atoms with E-state index in [1.54, 1.807) is 0 Å². The van der Waals surface area contributed by atoms with Gasteiger partial charge in [-0.15, -0.1) is 11.3 Å². The Hall–Kier alpha value is -6.48. The molecule has 0 saturated carbocycles. The first-order chi connectivity index (χ1) is 25.8. The Morgan fingerprint density at radius 3 is 1.65 bits per heavy atom. The summed E-state index contributed by atoms with van der Waals surface area (Å²) in [7, 11) is 0. The topological polar surface area (TPSA) is 3.24 Å². The number of benzene rings is 9. The molecule has 10 rings (SSSR count). The molecular formula is C50H33NS. The molecule has 0 amide bonds. The average molecular weight is 680 g/mol. The third kappa shape index (κ3) is 5.24. The molecule has 0 fully saturated rings. The quantitative estimate of drug-likeness (QED) is 0.169. The fourth-order valence-electron chi connectivity index (χ4n) is 7.73. The Bertz CT molecular complexity index is 2900. The zero-order valence-corrected chi connectivity index (χ0v) is 29.2. The van der Waals surface area contributed by atoms with E-state index in [0.29, 0.717) is 0 Å². The van der Waals surface area contributed by atoms with Crippen LogP contribution in [0.5, 0.6) is 0 Å². The van der Waals surface area contributed by atoms with Gasteiger partial charge < -0.3 is 4.90 Å². The van der Waals surface area contributed by atoms with Gasteiger partial charge in [0.25, 0.3) is 0 Å². The van der Waals surface area contributed by atoms with Gasteiger partial charge in [0.1, 0.15) is 0 Å². The van der Waals surface area contributed by atoms with E-state index in [2.05, 4.69) is 205 Å². The van der Waals surface area contributed by atoms with Crippen molar-refractivity contribution in [3.05, 3.63) is 200 Å². The summed E-state index contributed by atoms with van der Waals surface area (Å²) in [5.74, 6) is 0. The average Bonchev–Trinajstić information content (AvgIpc) is 3.61. The second-order valence-electron chi connectivity index (χ2n) is 13.3. The van der Waals surface area contributed by atoms with Crippen molar-refractivity contribution in [3.8, 4) is 33.4 Å². The maximum atomic E-state index is 2.38. The van der Waals surface area contributed by atoms with Crippen LogP contribution in [0.1, 0.15) is 0 Å². The summed E-state index contributed by atoms with van der Waals surface area (Å²) < 4.78 is 2.64. The van der Waals surface area contributed by atoms with E-state index in [1.807, 2.05) is 11.3 Å². The Morgan fingerprint density at radius 1 is 0.288 bits per heavy atom. The normalized spacial score (nSPS) is 11.5. The minimum absolute atomic E-state index is 1.12. The van der Waals surface area contributed by atoms with E-state index in [4.69, 9.17) is 0 Å². The first-order valence-electron chi connectivity index (χ1n) is 17.8. The Balaban J connectivity index is 1.12. The molecule has 1 heterocycles. The van der Waals surface area contributed by atoms with Crippen LogP contribution in [-0.2, 0) is 0 Å². The van der Waals surface area contributed by atoms with Gasteiger partial charge >= 0.3 is 0 Å². The van der Waals surface area contributed by atoms with Crippen molar-refractivity contribution in [2.75, 3.05) is 4.90 Å². The maximum Gasteiger partial charge on any atom is 0.0468 e. The Kier molecular flexibility index (Phi) is 7.41. The molecule has 0 N–H and O–H groups in total. The lowest BCUT2D eigenvalue weighted by molar-refractivity contribution is 1.29. The molecule has 10 aromatic rings. The molecule has 0 radical (unpaired) electrons. The summed E-state index contributed by atoms with van der Waals surface area (Å²) in [5, 5.41) is 7.61. The Labute approximate surface area is 307 Å². The van der Waals surface area contributed by atoms with E-state index in [-0.39, 0.29) is 0 Å². The van der Waals surface area contributed by atoms with E-state index < -0.39 is 0 Å². The van der Waals surface area contributed by atoms with Gasteiger partial charge in [0.15, 0.2) is 0 Å². The van der Waals surface area contributed by atoms with Crippen LogP contribution in [0.4, 0.5) is 17.1 Å². The molecule has 244 valence electrons. The first kappa shape index (κ1) is 30.4. The molecule has 0 aliphatic heterocycles. The molecule has 0 atom stereocenters. The van der Waals surface area contributed by atoms with Crippen LogP contribution in [0.3, 0.4) is 0 Å². The standard InChI is InChI=1S/C50H33NS/c1-2-12-34(13-3-1)36-26-29-40(30-27-36)51(42-31-28-35-14-4-5-16-38(35)32-42)41-19-8-18-39(33-41)44-21-10-24-47-48-25-11-23-46(50(48)52-49(44)47)45-22-9-17-37-15-6-7-20-43(37)45/h1-33H. The second kappa shape index (κ2) is 12.7. The van der Waals surface area contributed by atoms with Gasteiger partial charge in [-0.25, -0.2) is 0 Å². The third-order valence-electron chi connectivity index (χ3n) is 10.2. The summed E-state index contributed by atoms with van der Waals surface area (Å²) >= 11 is 1.91. The lowest BCUT2D eigenvalue weighted by atomic mass is 9.96. The predicted molar refractivity (Wildman–Crippen MR) is 225 cm³/mol. The van der Waals surface area contributed by atoms with Crippen LogP contribution >= 0.6 is 11.3 Å². The number of anilines is 3. The highest BCUT2D eigenvalue weighted by Gasteiger charge is 2.18. The molecule has 1 aromatic heterocycles. The van der Waals surface area contributed by atoms with Crippen molar-refractivity contribution in [2.24, 2.45) is 0 Å². The van der Waals surface area contributed by atoms with Crippen LogP contribution in [0.15, 0.2) is 200 Å². The van der Waals surface area contributed by atoms with Crippen molar-refractivity contribution in [3.63, 3.8) is 0 Å². The van der Waals surface area contributed by atoms with Gasteiger partial charge in [-0.3, -0.25) is 0 Å². The minimum atomic E-state index is 1.12. The molecule has 0 aliphatic rings. The number of thiophene rings is 1. The van der Waals surface area contributed by atoms with E-state index >= 15 is 0 Å². The van der Waals surface area contributed by atoms with Gasteiger partial charge in [0.2, 0.25) is 0 Å². The predicted octanol–water partition coefficient (Wildman–Crippen LogP) is 14.8. The summed E-state index contributed by atoms with van der Waals surface area (Å²) in [5.41, 5.74) is 10.8. The highest BCUT2D eigenvalue weighted by Crippen LogP contribution is 2.46. The summed E-state index contributed by atoms with van der Waals surface area (Å²) in [6.45, 7) is 0. The lowest BCUT2D eigenvalue weighted by Crippen LogP contribution is -2.10. The summed E-state index contributed by atoms with van der Waals surface area (Å²) in [6.07, 6.45) is 0. The SMILES string of the molecule is c1ccc(-c2ccc(N(c3cccc(-c4cccc5c4sc4c(-c6cccc7ccccc67)cccc45)c3)c3ccc4ccccc4c3)cc2)cc1. The highest BCUT2D eigenvalue weighted by atomic mass is 32.1. The van der Waals surface area contributed by atoms with Crippen molar-refractivity contribution < 1.29 is 0 Å². The monoisotopic (exact) mass is 679 g/mol. The van der Waals surface area contributed by atoms with Crippen LogP contribution < -0.4 is 4.90 Å². The highest BCUT2D eigenvalue weighted by molar-refractivity contribution is 7.26. The molecular weight excluding hydrogens is 647 g/mol. The molecule has 0 spiro atoms. The second-order valence-corrected chi connectivity index (χ2v) is 14.3. The van der Waals surface area contributed by atoms with Crippen molar-refractivity contribution in [1.29, 1.82) is 0 Å². The van der Waals surface area contributed by atoms with Crippen molar-refractivity contribution >= 4 is 70.1 Å². The van der Waals surface area contributed by atoms with Gasteiger partial charge in [0.05, 0.1) is 0 Å². The Morgan fingerprint density at radius 2 is 0.827 bits per heavy atom. The van der Waals surface area contributed by atoms with Gasteiger partial charge in [0, 0.05) is 42.8 Å². The van der Waals surface area contributed by atoms with E-state index in [1.165, 1.54) is 75.1 Å². The zero-order valence-electron chi connectivity index (χ0n) is 28.4. The molecule has 0 saturated heterocycles. The summed E-state index contributed by atoms with van der Waals surface area (Å²) in [4.78, 5) is 2.38. The number of hydrogen-bond acceptors (Lipinski definition) is 2. The molecule has 9 aromatic carbocycles. The third-order valence-corrected chi connectivity index (χ3v) is 11.5. The van der Waals surface area contributed by atoms with Crippen molar-refractivity contribution in [1.82, 2.24) is 0 Å². The maximum absolute atomic E-state index is 2.38. The molecule has 0 aliphatic carbocycles. The lowest BCUT2D eigenvalue weighted by Gasteiger charge is -2.26. The van der Waals surface area contributed by atoms with Crippen LogP contribution in [0.2, 0.25) is 0 Å². The molecule has 0 unspecified atom stereocenters. The smallest absolute Gasteiger partial charge is 0.0468 e. The van der Waals surface area contributed by atoms with E-state index in [0.717, 1.165) is 17.1 Å². The van der Waals surface area contributed by atoms with E-state index in [9.17, 15) is 0 Å². The zero-order chi connectivity index (χ0) is 34.4. The molecule has 0 bridgehead atoms. The molecule has 52 heavy (non-hydrogen) atoms. The number of rotatable bonds is 6. The van der Waals surface area contributed by atoms with Gasteiger partial charge in [-0.2, -0.15) is 0 Å². The van der Waals surface area contributed by atoms with Crippen LogP contribution in [0.25, 0.3) is 75.1 Å². The van der Waals surface area contributed by atoms with Crippen molar-refractivity contribution in [2.45, 2.75) is 0 Å². The first-order valence-corrected chi connectivity index (χ1v) is 18.6.